The van der Waals surface area contributed by atoms with Crippen LogP contribution in [-0.2, 0) is 4.79 Å². The molecule has 0 aliphatic heterocycles. The van der Waals surface area contributed by atoms with Crippen LogP contribution in [0.15, 0.2) is 12.3 Å². The summed E-state index contributed by atoms with van der Waals surface area (Å²) in [5.41, 5.74) is 0.972. The van der Waals surface area contributed by atoms with E-state index in [1.54, 1.807) is 13.0 Å². The van der Waals surface area contributed by atoms with Crippen molar-refractivity contribution in [3.05, 3.63) is 33.6 Å². The highest BCUT2D eigenvalue weighted by Gasteiger charge is 2.10. The summed E-state index contributed by atoms with van der Waals surface area (Å²) in [6, 6.07) is 1.56. The van der Waals surface area contributed by atoms with E-state index in [0.29, 0.717) is 17.0 Å². The van der Waals surface area contributed by atoms with Crippen LogP contribution in [0.3, 0.4) is 0 Å². The fraction of sp³-hybridized carbons (Fsp3) is 0.273. The normalized spacial score (nSPS) is 9.29. The molecule has 17 heavy (non-hydrogen) atoms. The molecule has 0 fully saturated rings. The Morgan fingerprint density at radius 1 is 1.65 bits per heavy atom. The van der Waals surface area contributed by atoms with E-state index >= 15 is 0 Å². The van der Waals surface area contributed by atoms with E-state index in [1.807, 2.05) is 0 Å². The Morgan fingerprint density at radius 2 is 2.35 bits per heavy atom. The van der Waals surface area contributed by atoms with Gasteiger partial charge in [-0.05, 0) is 18.9 Å². The predicted molar refractivity (Wildman–Crippen MR) is 65.6 cm³/mol. The fourth-order valence-electron chi connectivity index (χ4n) is 1.07. The number of nitro groups is 1. The molecule has 5 nitrogen and oxygen atoms in total. The lowest BCUT2D eigenvalue weighted by molar-refractivity contribution is -0.385. The number of aromatic nitrogens is 1. The van der Waals surface area contributed by atoms with Crippen LogP contribution in [0, 0.1) is 28.9 Å². The zero-order valence-corrected chi connectivity index (χ0v) is 10.2. The molecule has 0 bridgehead atoms. The molecule has 1 heterocycles. The third-order valence-corrected chi connectivity index (χ3v) is 2.54. The average molecular weight is 250 g/mol. The summed E-state index contributed by atoms with van der Waals surface area (Å²) in [6.07, 6.45) is 1.19. The Morgan fingerprint density at radius 3 is 2.88 bits per heavy atom. The van der Waals surface area contributed by atoms with Crippen LogP contribution >= 0.6 is 11.8 Å². The van der Waals surface area contributed by atoms with Crippen molar-refractivity contribution < 1.29 is 9.72 Å². The maximum Gasteiger partial charge on any atom is 0.290 e. The monoisotopic (exact) mass is 250 g/mol. The molecule has 0 saturated heterocycles. The lowest BCUT2D eigenvalue weighted by atomic mass is 10.2. The van der Waals surface area contributed by atoms with Crippen LogP contribution in [0.2, 0.25) is 0 Å². The Kier molecular flexibility index (Phi) is 4.67. The second kappa shape index (κ2) is 6.01. The van der Waals surface area contributed by atoms with Crippen molar-refractivity contribution in [2.45, 2.75) is 13.8 Å². The number of carbonyl (C=O) groups is 1. The Labute approximate surface area is 103 Å². The van der Waals surface area contributed by atoms with Gasteiger partial charge in [-0.1, -0.05) is 17.7 Å². The highest BCUT2D eigenvalue weighted by molar-refractivity contribution is 8.13. The van der Waals surface area contributed by atoms with Gasteiger partial charge in [0.25, 0.3) is 5.69 Å². The molecule has 0 unspecified atom stereocenters. The first kappa shape index (κ1) is 13.2. The molecule has 6 heteroatoms. The van der Waals surface area contributed by atoms with E-state index < -0.39 is 4.92 Å². The standard InChI is InChI=1S/C11H10N2O3S/c1-8-6-10(4-3-5-17-9(2)14)12-7-11(8)13(15)16/h6-7H,5H2,1-2H3. The second-order valence-corrected chi connectivity index (χ2v) is 4.35. The number of hydrogen-bond donors (Lipinski definition) is 0. The van der Waals surface area contributed by atoms with E-state index in [4.69, 9.17) is 0 Å². The fourth-order valence-corrected chi connectivity index (χ4v) is 1.42. The van der Waals surface area contributed by atoms with Crippen molar-refractivity contribution in [2.75, 3.05) is 5.75 Å². The number of nitrogens with zero attached hydrogens (tertiary/aromatic N) is 2. The largest absolute Gasteiger partial charge is 0.290 e. The quantitative estimate of drug-likeness (QED) is 0.455. The first-order valence-corrected chi connectivity index (χ1v) is 5.72. The van der Waals surface area contributed by atoms with E-state index in [-0.39, 0.29) is 10.8 Å². The first-order valence-electron chi connectivity index (χ1n) is 4.74. The number of hydrogen-bond acceptors (Lipinski definition) is 5. The van der Waals surface area contributed by atoms with Crippen molar-refractivity contribution >= 4 is 22.6 Å². The summed E-state index contributed by atoms with van der Waals surface area (Å²) in [5, 5.41) is 10.6. The first-order chi connectivity index (χ1) is 8.00. The van der Waals surface area contributed by atoms with Crippen molar-refractivity contribution in [1.29, 1.82) is 0 Å². The number of aryl methyl sites for hydroxylation is 1. The molecule has 1 aromatic rings. The van der Waals surface area contributed by atoms with Crippen molar-refractivity contribution in [3.8, 4) is 11.8 Å². The van der Waals surface area contributed by atoms with Gasteiger partial charge in [0.2, 0.25) is 0 Å². The molecule has 0 spiro atoms. The molecule has 0 saturated carbocycles. The zero-order valence-electron chi connectivity index (χ0n) is 9.39. The maximum atomic E-state index is 10.6. The van der Waals surface area contributed by atoms with Crippen LogP contribution in [0.5, 0.6) is 0 Å². The topological polar surface area (TPSA) is 73.1 Å². The highest BCUT2D eigenvalue weighted by atomic mass is 32.2. The van der Waals surface area contributed by atoms with E-state index in [1.165, 1.54) is 13.1 Å². The number of carbonyl (C=O) groups excluding carboxylic acids is 1. The number of pyridine rings is 1. The van der Waals surface area contributed by atoms with E-state index in [0.717, 1.165) is 11.8 Å². The molecule has 1 aromatic heterocycles. The molecule has 88 valence electrons. The lowest BCUT2D eigenvalue weighted by Crippen LogP contribution is -1.94. The summed E-state index contributed by atoms with van der Waals surface area (Å²) in [5.74, 6) is 5.91. The van der Waals surface area contributed by atoms with Gasteiger partial charge < -0.3 is 0 Å². The van der Waals surface area contributed by atoms with Gasteiger partial charge >= 0.3 is 0 Å². The smallest absolute Gasteiger partial charge is 0.288 e. The third-order valence-electron chi connectivity index (χ3n) is 1.84. The summed E-state index contributed by atoms with van der Waals surface area (Å²) >= 11 is 1.11. The van der Waals surface area contributed by atoms with Crippen molar-refractivity contribution in [2.24, 2.45) is 0 Å². The molecule has 0 aliphatic carbocycles. The van der Waals surface area contributed by atoms with Crippen LogP contribution in [0.4, 0.5) is 5.69 Å². The molecule has 0 N–H and O–H groups in total. The van der Waals surface area contributed by atoms with Gasteiger partial charge in [0.1, 0.15) is 11.9 Å². The number of thioether (sulfide) groups is 1. The van der Waals surface area contributed by atoms with Crippen LogP contribution in [-0.4, -0.2) is 20.8 Å². The molecule has 0 aromatic carbocycles. The van der Waals surface area contributed by atoms with Crippen LogP contribution in [0.25, 0.3) is 0 Å². The molecule has 0 amide bonds. The maximum absolute atomic E-state index is 10.6. The Hall–Kier alpha value is -1.87. The SMILES string of the molecule is CC(=O)SCC#Cc1cc(C)c([N+](=O)[O-])cn1. The Balaban J connectivity index is 2.77. The highest BCUT2D eigenvalue weighted by Crippen LogP contribution is 2.15. The molecular formula is C11H10N2O3S. The van der Waals surface area contributed by atoms with Gasteiger partial charge in [0.15, 0.2) is 5.12 Å². The molecule has 1 rings (SSSR count). The van der Waals surface area contributed by atoms with E-state index in [9.17, 15) is 14.9 Å². The van der Waals surface area contributed by atoms with Gasteiger partial charge in [-0.3, -0.25) is 14.9 Å². The average Bonchev–Trinajstić information content (AvgIpc) is 2.23. The summed E-state index contributed by atoms with van der Waals surface area (Å²) < 4.78 is 0. The summed E-state index contributed by atoms with van der Waals surface area (Å²) in [7, 11) is 0. The predicted octanol–water partition coefficient (Wildman–Crippen LogP) is 1.93. The van der Waals surface area contributed by atoms with Crippen molar-refractivity contribution in [1.82, 2.24) is 4.98 Å². The van der Waals surface area contributed by atoms with Crippen LogP contribution in [0.1, 0.15) is 18.2 Å². The lowest BCUT2D eigenvalue weighted by Gasteiger charge is -1.96. The van der Waals surface area contributed by atoms with Gasteiger partial charge in [0.05, 0.1) is 10.7 Å². The van der Waals surface area contributed by atoms with Crippen molar-refractivity contribution in [3.63, 3.8) is 0 Å². The number of rotatable bonds is 2. The van der Waals surface area contributed by atoms with Crippen LogP contribution < -0.4 is 0 Å². The minimum absolute atomic E-state index is 0.00661. The molecular weight excluding hydrogens is 240 g/mol. The zero-order chi connectivity index (χ0) is 12.8. The summed E-state index contributed by atoms with van der Waals surface area (Å²) in [6.45, 7) is 3.11. The third kappa shape index (κ3) is 4.25. The van der Waals surface area contributed by atoms with Gasteiger partial charge in [0, 0.05) is 12.5 Å². The second-order valence-electron chi connectivity index (χ2n) is 3.20. The molecule has 0 radical (unpaired) electrons. The van der Waals surface area contributed by atoms with Gasteiger partial charge in [-0.2, -0.15) is 0 Å². The van der Waals surface area contributed by atoms with E-state index in [2.05, 4.69) is 16.8 Å². The minimum atomic E-state index is -0.481. The van der Waals surface area contributed by atoms with Gasteiger partial charge in [-0.15, -0.1) is 0 Å². The summed E-state index contributed by atoms with van der Waals surface area (Å²) in [4.78, 5) is 24.6. The Bertz CT molecular complexity index is 517. The molecule has 0 atom stereocenters. The molecule has 0 aliphatic rings. The van der Waals surface area contributed by atoms with Gasteiger partial charge in [-0.25, -0.2) is 4.98 Å². The minimum Gasteiger partial charge on any atom is -0.288 e.